The lowest BCUT2D eigenvalue weighted by Gasteiger charge is -2.12. The van der Waals surface area contributed by atoms with Crippen LogP contribution in [-0.4, -0.2) is 22.8 Å². The van der Waals surface area contributed by atoms with Gasteiger partial charge in [0.2, 0.25) is 5.91 Å². The summed E-state index contributed by atoms with van der Waals surface area (Å²) in [6.07, 6.45) is 1.17. The number of hydrogen-bond donors (Lipinski definition) is 0. The molecule has 0 spiro atoms. The van der Waals surface area contributed by atoms with E-state index < -0.39 is 0 Å². The fourth-order valence-electron chi connectivity index (χ4n) is 0.279. The average Bonchev–Trinajstić information content (AvgIpc) is 1.90. The molecule has 0 rings (SSSR count). The summed E-state index contributed by atoms with van der Waals surface area (Å²) in [7, 11) is 0. The van der Waals surface area contributed by atoms with Gasteiger partial charge in [0.1, 0.15) is 0 Å². The van der Waals surface area contributed by atoms with Crippen molar-refractivity contribution in [3.8, 4) is 0 Å². The Bertz CT molecular complexity index is 112. The van der Waals surface area contributed by atoms with Crippen LogP contribution in [0.25, 0.3) is 0 Å². The zero-order valence-corrected chi connectivity index (χ0v) is 6.32. The number of alkyl halides is 2. The van der Waals surface area contributed by atoms with Gasteiger partial charge in [-0.3, -0.25) is 4.79 Å². The largest absolute Gasteiger partial charge is 0.312 e. The molecular formula is C5H7Cl2NO. The number of rotatable bonds is 3. The highest BCUT2D eigenvalue weighted by molar-refractivity contribution is 6.21. The van der Waals surface area contributed by atoms with Crippen molar-refractivity contribution in [2.75, 3.05) is 12.0 Å². The van der Waals surface area contributed by atoms with E-state index in [4.69, 9.17) is 23.2 Å². The molecule has 4 heteroatoms. The van der Waals surface area contributed by atoms with Crippen LogP contribution in [-0.2, 0) is 4.79 Å². The minimum Gasteiger partial charge on any atom is -0.312 e. The quantitative estimate of drug-likeness (QED) is 0.354. The van der Waals surface area contributed by atoms with Gasteiger partial charge in [-0.1, -0.05) is 6.58 Å². The van der Waals surface area contributed by atoms with Gasteiger partial charge < -0.3 is 4.90 Å². The summed E-state index contributed by atoms with van der Waals surface area (Å²) < 4.78 is 0. The van der Waals surface area contributed by atoms with Crippen molar-refractivity contribution in [1.29, 1.82) is 0 Å². The highest BCUT2D eigenvalue weighted by Crippen LogP contribution is 1.94. The molecule has 0 aliphatic rings. The van der Waals surface area contributed by atoms with E-state index >= 15 is 0 Å². The molecule has 0 aliphatic carbocycles. The Balaban J connectivity index is 3.78. The monoisotopic (exact) mass is 167 g/mol. The lowest BCUT2D eigenvalue weighted by Crippen LogP contribution is -2.26. The lowest BCUT2D eigenvalue weighted by molar-refractivity contribution is -0.124. The molecule has 0 saturated heterocycles. The highest BCUT2D eigenvalue weighted by atomic mass is 35.5. The second-order valence-corrected chi connectivity index (χ2v) is 1.80. The van der Waals surface area contributed by atoms with Crippen LogP contribution in [0.4, 0.5) is 0 Å². The van der Waals surface area contributed by atoms with E-state index in [-0.39, 0.29) is 17.9 Å². The Morgan fingerprint density at radius 3 is 2.11 bits per heavy atom. The van der Waals surface area contributed by atoms with E-state index in [1.807, 2.05) is 0 Å². The van der Waals surface area contributed by atoms with Crippen LogP contribution < -0.4 is 0 Å². The van der Waals surface area contributed by atoms with Gasteiger partial charge in [-0.15, -0.1) is 23.2 Å². The zero-order valence-electron chi connectivity index (χ0n) is 4.81. The molecule has 0 saturated carbocycles. The van der Waals surface area contributed by atoms with Crippen LogP contribution >= 0.6 is 23.2 Å². The Morgan fingerprint density at radius 1 is 1.56 bits per heavy atom. The molecule has 0 radical (unpaired) electrons. The first kappa shape index (κ1) is 8.79. The van der Waals surface area contributed by atoms with Crippen LogP contribution in [0.1, 0.15) is 0 Å². The first-order valence-corrected chi connectivity index (χ1v) is 3.36. The summed E-state index contributed by atoms with van der Waals surface area (Å²) >= 11 is 10.6. The molecule has 0 unspecified atom stereocenters. The first-order valence-electron chi connectivity index (χ1n) is 2.29. The molecule has 0 fully saturated rings. The maximum atomic E-state index is 10.6. The normalized spacial score (nSPS) is 8.67. The van der Waals surface area contributed by atoms with Crippen molar-refractivity contribution < 1.29 is 4.79 Å². The third-order valence-electron chi connectivity index (χ3n) is 0.775. The highest BCUT2D eigenvalue weighted by Gasteiger charge is 2.04. The second kappa shape index (κ2) is 4.65. The predicted octanol–water partition coefficient (Wildman–Crippen LogP) is 1.39. The lowest BCUT2D eigenvalue weighted by atomic mass is 10.5. The number of carbonyl (C=O) groups is 1. The molecule has 1 amide bonds. The second-order valence-electron chi connectivity index (χ2n) is 1.32. The summed E-state index contributed by atoms with van der Waals surface area (Å²) in [5.74, 6) is -0.250. The van der Waals surface area contributed by atoms with Crippen LogP contribution in [0.15, 0.2) is 12.7 Å². The number of carbonyl (C=O) groups excluding carboxylic acids is 1. The first-order chi connectivity index (χ1) is 4.26. The van der Waals surface area contributed by atoms with Crippen molar-refractivity contribution in [1.82, 2.24) is 4.90 Å². The smallest absolute Gasteiger partial charge is 0.247 e. The molecule has 0 bridgehead atoms. The Kier molecular flexibility index (Phi) is 4.54. The van der Waals surface area contributed by atoms with E-state index in [1.165, 1.54) is 11.0 Å². The van der Waals surface area contributed by atoms with Crippen LogP contribution in [0.5, 0.6) is 0 Å². The molecule has 9 heavy (non-hydrogen) atoms. The van der Waals surface area contributed by atoms with E-state index in [0.29, 0.717) is 0 Å². The fourth-order valence-corrected chi connectivity index (χ4v) is 0.770. The number of hydrogen-bond acceptors (Lipinski definition) is 1. The number of halogens is 2. The minimum atomic E-state index is -0.250. The summed E-state index contributed by atoms with van der Waals surface area (Å²) in [6, 6.07) is 0.211. The van der Waals surface area contributed by atoms with Crippen LogP contribution in [0.2, 0.25) is 0 Å². The zero-order chi connectivity index (χ0) is 7.28. The third-order valence-corrected chi connectivity index (χ3v) is 1.35. The molecule has 0 aliphatic heterocycles. The fraction of sp³-hybridized carbons (Fsp3) is 0.400. The van der Waals surface area contributed by atoms with Crippen LogP contribution in [0.3, 0.4) is 0 Å². The van der Waals surface area contributed by atoms with Crippen LogP contribution in [0, 0.1) is 0 Å². The van der Waals surface area contributed by atoms with Gasteiger partial charge in [0.05, 0.1) is 12.0 Å². The maximum Gasteiger partial charge on any atom is 0.247 e. The van der Waals surface area contributed by atoms with E-state index in [1.54, 1.807) is 0 Å². The van der Waals surface area contributed by atoms with Gasteiger partial charge in [0.25, 0.3) is 0 Å². The van der Waals surface area contributed by atoms with Crippen molar-refractivity contribution in [2.24, 2.45) is 0 Å². The molecule has 0 aromatic carbocycles. The van der Waals surface area contributed by atoms with E-state index in [9.17, 15) is 4.79 Å². The summed E-state index contributed by atoms with van der Waals surface area (Å²) in [4.78, 5) is 11.9. The van der Waals surface area contributed by atoms with Crippen molar-refractivity contribution >= 4 is 29.1 Å². The Morgan fingerprint density at radius 2 is 2.00 bits per heavy atom. The van der Waals surface area contributed by atoms with Crippen molar-refractivity contribution in [3.05, 3.63) is 12.7 Å². The van der Waals surface area contributed by atoms with Gasteiger partial charge in [-0.2, -0.15) is 0 Å². The van der Waals surface area contributed by atoms with Gasteiger partial charge in [-0.05, 0) is 6.08 Å². The Hall–Kier alpha value is -0.210. The van der Waals surface area contributed by atoms with E-state index in [2.05, 4.69) is 6.58 Å². The van der Waals surface area contributed by atoms with E-state index in [0.717, 1.165) is 0 Å². The molecule has 0 heterocycles. The topological polar surface area (TPSA) is 20.3 Å². The third kappa shape index (κ3) is 2.72. The molecule has 0 aromatic heterocycles. The minimum absolute atomic E-state index is 0.106. The molecule has 2 nitrogen and oxygen atoms in total. The maximum absolute atomic E-state index is 10.6. The SMILES string of the molecule is C=CC(=O)N(CCl)CCl. The molecule has 0 atom stereocenters. The molecule has 52 valence electrons. The molecule has 0 aromatic rings. The summed E-state index contributed by atoms with van der Waals surface area (Å²) in [5.41, 5.74) is 0. The van der Waals surface area contributed by atoms with Gasteiger partial charge >= 0.3 is 0 Å². The standard InChI is InChI=1S/C5H7Cl2NO/c1-2-5(9)8(3-6)4-7/h2H,1,3-4H2. The number of nitrogens with zero attached hydrogens (tertiary/aromatic N) is 1. The molecular weight excluding hydrogens is 161 g/mol. The molecule has 0 N–H and O–H groups in total. The average molecular weight is 168 g/mol. The predicted molar refractivity (Wildman–Crippen MR) is 38.5 cm³/mol. The van der Waals surface area contributed by atoms with Gasteiger partial charge in [0, 0.05) is 0 Å². The van der Waals surface area contributed by atoms with Crippen molar-refractivity contribution in [2.45, 2.75) is 0 Å². The Labute approximate surface area is 64.0 Å². The van der Waals surface area contributed by atoms with Crippen molar-refractivity contribution in [3.63, 3.8) is 0 Å². The van der Waals surface area contributed by atoms with Gasteiger partial charge in [-0.25, -0.2) is 0 Å². The van der Waals surface area contributed by atoms with Gasteiger partial charge in [0.15, 0.2) is 0 Å². The summed E-state index contributed by atoms with van der Waals surface area (Å²) in [6.45, 7) is 3.27. The summed E-state index contributed by atoms with van der Waals surface area (Å²) in [5, 5.41) is 0. The number of amides is 1.